The lowest BCUT2D eigenvalue weighted by atomic mass is 10.1. The summed E-state index contributed by atoms with van der Waals surface area (Å²) in [6.45, 7) is 2.56. The van der Waals surface area contributed by atoms with Gasteiger partial charge in [-0.3, -0.25) is 0 Å². The van der Waals surface area contributed by atoms with Crippen molar-refractivity contribution in [2.75, 3.05) is 18.5 Å². The molecule has 0 bridgehead atoms. The Bertz CT molecular complexity index is 374. The molecule has 0 saturated heterocycles. The van der Waals surface area contributed by atoms with Gasteiger partial charge in [0.05, 0.1) is 11.8 Å². The Hall–Kier alpha value is -1.09. The molecular weight excluding hydrogens is 205 g/mol. The van der Waals surface area contributed by atoms with Crippen molar-refractivity contribution in [3.63, 3.8) is 0 Å². The van der Waals surface area contributed by atoms with E-state index in [1.807, 2.05) is 11.9 Å². The van der Waals surface area contributed by atoms with Crippen LogP contribution in [0.15, 0.2) is 18.2 Å². The van der Waals surface area contributed by atoms with Crippen LogP contribution in [0.1, 0.15) is 31.4 Å². The van der Waals surface area contributed by atoms with E-state index < -0.39 is 6.10 Å². The van der Waals surface area contributed by atoms with Crippen LogP contribution in [0, 0.1) is 11.7 Å². The molecule has 1 saturated carbocycles. The molecule has 1 fully saturated rings. The fraction of sp³-hybridized carbons (Fsp3) is 0.538. The second-order valence-corrected chi connectivity index (χ2v) is 4.71. The predicted molar refractivity (Wildman–Crippen MR) is 63.0 cm³/mol. The fourth-order valence-corrected chi connectivity index (χ4v) is 1.88. The van der Waals surface area contributed by atoms with Crippen LogP contribution < -0.4 is 4.90 Å². The highest BCUT2D eigenvalue weighted by Crippen LogP contribution is 2.32. The van der Waals surface area contributed by atoms with Gasteiger partial charge < -0.3 is 10.0 Å². The number of halogens is 1. The molecule has 1 aliphatic carbocycles. The third-order valence-corrected chi connectivity index (χ3v) is 3.09. The minimum atomic E-state index is -0.614. The van der Waals surface area contributed by atoms with Crippen molar-refractivity contribution in [3.05, 3.63) is 29.6 Å². The summed E-state index contributed by atoms with van der Waals surface area (Å²) in [5.74, 6) is 0.488. The first-order chi connectivity index (χ1) is 7.58. The number of aliphatic hydroxyl groups is 1. The predicted octanol–water partition coefficient (Wildman–Crippen LogP) is 2.73. The first-order valence-electron chi connectivity index (χ1n) is 5.76. The average Bonchev–Trinajstić information content (AvgIpc) is 3.01. The van der Waals surface area contributed by atoms with Crippen LogP contribution in [0.25, 0.3) is 0 Å². The summed E-state index contributed by atoms with van der Waals surface area (Å²) < 4.78 is 13.8. The standard InChI is InChI=1S/C13H18FNO/c1-9(16)11-5-6-13(12(14)7-11)15(2)8-10-3-4-10/h5-7,9-10,16H,3-4,8H2,1-2H3/t9-/m0/s1. The van der Waals surface area contributed by atoms with Gasteiger partial charge in [0, 0.05) is 13.6 Å². The summed E-state index contributed by atoms with van der Waals surface area (Å²) in [4.78, 5) is 1.96. The first-order valence-corrected chi connectivity index (χ1v) is 5.76. The van der Waals surface area contributed by atoms with E-state index in [-0.39, 0.29) is 5.82 Å². The molecule has 1 aromatic carbocycles. The highest BCUT2D eigenvalue weighted by Gasteiger charge is 2.23. The molecule has 0 unspecified atom stereocenters. The van der Waals surface area contributed by atoms with E-state index in [2.05, 4.69) is 0 Å². The molecule has 2 nitrogen and oxygen atoms in total. The minimum absolute atomic E-state index is 0.249. The third-order valence-electron chi connectivity index (χ3n) is 3.09. The summed E-state index contributed by atoms with van der Waals surface area (Å²) in [5.41, 5.74) is 1.25. The number of anilines is 1. The van der Waals surface area contributed by atoms with E-state index in [0.29, 0.717) is 11.3 Å². The molecule has 1 N–H and O–H groups in total. The van der Waals surface area contributed by atoms with Crippen molar-refractivity contribution in [1.82, 2.24) is 0 Å². The topological polar surface area (TPSA) is 23.5 Å². The average molecular weight is 223 g/mol. The summed E-state index contributed by atoms with van der Waals surface area (Å²) in [6.07, 6.45) is 1.91. The molecular formula is C13H18FNO. The molecule has 1 aliphatic rings. The Morgan fingerprint density at radius 2 is 2.19 bits per heavy atom. The van der Waals surface area contributed by atoms with Gasteiger partial charge in [-0.25, -0.2) is 4.39 Å². The number of nitrogens with zero attached hydrogens (tertiary/aromatic N) is 1. The van der Waals surface area contributed by atoms with Gasteiger partial charge in [0.2, 0.25) is 0 Å². The molecule has 0 aromatic heterocycles. The number of benzene rings is 1. The SMILES string of the molecule is C[C@H](O)c1ccc(N(C)CC2CC2)c(F)c1. The molecule has 2 rings (SSSR count). The van der Waals surface area contributed by atoms with Crippen molar-refractivity contribution in [2.24, 2.45) is 5.92 Å². The maximum absolute atomic E-state index is 13.8. The van der Waals surface area contributed by atoms with Crippen molar-refractivity contribution in [3.8, 4) is 0 Å². The van der Waals surface area contributed by atoms with Crippen LogP contribution >= 0.6 is 0 Å². The monoisotopic (exact) mass is 223 g/mol. The minimum Gasteiger partial charge on any atom is -0.389 e. The number of rotatable bonds is 4. The molecule has 88 valence electrons. The second kappa shape index (κ2) is 4.42. The third kappa shape index (κ3) is 2.53. The van der Waals surface area contributed by atoms with Gasteiger partial charge in [0.1, 0.15) is 5.82 Å². The normalized spacial score (nSPS) is 17.2. The summed E-state index contributed by atoms with van der Waals surface area (Å²) >= 11 is 0. The molecule has 0 amide bonds. The van der Waals surface area contributed by atoms with E-state index in [1.54, 1.807) is 19.1 Å². The summed E-state index contributed by atoms with van der Waals surface area (Å²) in [6, 6.07) is 4.95. The quantitative estimate of drug-likeness (QED) is 0.848. The van der Waals surface area contributed by atoms with E-state index in [0.717, 1.165) is 12.5 Å². The van der Waals surface area contributed by atoms with Crippen LogP contribution in [0.4, 0.5) is 10.1 Å². The second-order valence-electron chi connectivity index (χ2n) is 4.71. The summed E-state index contributed by atoms with van der Waals surface area (Å²) in [5, 5.41) is 9.35. The van der Waals surface area contributed by atoms with Gasteiger partial charge in [-0.2, -0.15) is 0 Å². The van der Waals surface area contributed by atoms with E-state index in [1.165, 1.54) is 18.9 Å². The van der Waals surface area contributed by atoms with Crippen LogP contribution in [0.2, 0.25) is 0 Å². The van der Waals surface area contributed by atoms with Gasteiger partial charge >= 0.3 is 0 Å². The Morgan fingerprint density at radius 3 is 2.69 bits per heavy atom. The van der Waals surface area contributed by atoms with Gasteiger partial charge in [0.25, 0.3) is 0 Å². The molecule has 3 heteroatoms. The molecule has 0 aliphatic heterocycles. The Labute approximate surface area is 95.7 Å². The number of hydrogen-bond acceptors (Lipinski definition) is 2. The van der Waals surface area contributed by atoms with Crippen LogP contribution in [-0.4, -0.2) is 18.7 Å². The fourth-order valence-electron chi connectivity index (χ4n) is 1.88. The van der Waals surface area contributed by atoms with Crippen molar-refractivity contribution < 1.29 is 9.50 Å². The summed E-state index contributed by atoms with van der Waals surface area (Å²) in [7, 11) is 1.92. The van der Waals surface area contributed by atoms with Gasteiger partial charge in [-0.1, -0.05) is 6.07 Å². The maximum Gasteiger partial charge on any atom is 0.146 e. The molecule has 0 heterocycles. The lowest BCUT2D eigenvalue weighted by Crippen LogP contribution is -2.21. The lowest BCUT2D eigenvalue weighted by molar-refractivity contribution is 0.199. The number of hydrogen-bond donors (Lipinski definition) is 1. The zero-order valence-corrected chi connectivity index (χ0v) is 9.78. The first kappa shape index (κ1) is 11.4. The maximum atomic E-state index is 13.8. The van der Waals surface area contributed by atoms with Crippen LogP contribution in [-0.2, 0) is 0 Å². The van der Waals surface area contributed by atoms with Crippen LogP contribution in [0.3, 0.4) is 0 Å². The van der Waals surface area contributed by atoms with Gasteiger partial charge in [0.15, 0.2) is 0 Å². The largest absolute Gasteiger partial charge is 0.389 e. The molecule has 0 spiro atoms. The zero-order chi connectivity index (χ0) is 11.7. The van der Waals surface area contributed by atoms with E-state index in [9.17, 15) is 9.50 Å². The highest BCUT2D eigenvalue weighted by atomic mass is 19.1. The smallest absolute Gasteiger partial charge is 0.146 e. The van der Waals surface area contributed by atoms with Crippen LogP contribution in [0.5, 0.6) is 0 Å². The van der Waals surface area contributed by atoms with Crippen molar-refractivity contribution in [1.29, 1.82) is 0 Å². The lowest BCUT2D eigenvalue weighted by Gasteiger charge is -2.20. The van der Waals surface area contributed by atoms with E-state index in [4.69, 9.17) is 0 Å². The molecule has 1 aromatic rings. The number of aliphatic hydroxyl groups excluding tert-OH is 1. The Balaban J connectivity index is 2.14. The Morgan fingerprint density at radius 1 is 1.50 bits per heavy atom. The molecule has 0 radical (unpaired) electrons. The van der Waals surface area contributed by atoms with Gasteiger partial charge in [-0.15, -0.1) is 0 Å². The molecule has 16 heavy (non-hydrogen) atoms. The Kier molecular flexibility index (Phi) is 3.15. The van der Waals surface area contributed by atoms with Gasteiger partial charge in [-0.05, 0) is 43.4 Å². The molecule has 1 atom stereocenters. The zero-order valence-electron chi connectivity index (χ0n) is 9.78. The van der Waals surface area contributed by atoms with Crippen molar-refractivity contribution >= 4 is 5.69 Å². The van der Waals surface area contributed by atoms with Crippen molar-refractivity contribution in [2.45, 2.75) is 25.9 Å². The highest BCUT2D eigenvalue weighted by molar-refractivity contribution is 5.49. The van der Waals surface area contributed by atoms with E-state index >= 15 is 0 Å².